The van der Waals surface area contributed by atoms with Crippen molar-refractivity contribution in [3.63, 3.8) is 0 Å². The molecule has 0 aliphatic heterocycles. The quantitative estimate of drug-likeness (QED) is 0.469. The predicted octanol–water partition coefficient (Wildman–Crippen LogP) is 4.28. The first kappa shape index (κ1) is 15.8. The third kappa shape index (κ3) is 4.76. The molecule has 2 aromatic carbocycles. The van der Waals surface area contributed by atoms with Gasteiger partial charge in [-0.05, 0) is 12.1 Å². The Kier molecular flexibility index (Phi) is 4.98. The molecule has 0 bridgehead atoms. The topological polar surface area (TPSA) is 30.8 Å². The van der Waals surface area contributed by atoms with Crippen molar-refractivity contribution >= 4 is 6.21 Å². The third-order valence-corrected chi connectivity index (χ3v) is 2.59. The maximum absolute atomic E-state index is 13.3. The number of nitrogens with zero attached hydrogens (tertiary/aromatic N) is 1. The lowest BCUT2D eigenvalue weighted by Gasteiger charge is -2.12. The largest absolute Gasteiger partial charge is 0.573 e. The Morgan fingerprint density at radius 1 is 1.00 bits per heavy atom. The lowest BCUT2D eigenvalue weighted by atomic mass is 10.2. The average Bonchev–Trinajstić information content (AvgIpc) is 2.45. The van der Waals surface area contributed by atoms with Crippen LogP contribution in [-0.2, 0) is 11.4 Å². The Labute approximate surface area is 123 Å². The zero-order chi connectivity index (χ0) is 16.0. The fourth-order valence-corrected chi connectivity index (χ4v) is 1.63. The summed E-state index contributed by atoms with van der Waals surface area (Å²) in [6.07, 6.45) is -3.64. The second kappa shape index (κ2) is 6.93. The van der Waals surface area contributed by atoms with Crippen LogP contribution in [0.2, 0.25) is 0 Å². The molecule has 0 N–H and O–H groups in total. The number of benzene rings is 2. The van der Waals surface area contributed by atoms with Gasteiger partial charge in [0, 0.05) is 11.1 Å². The number of para-hydroxylation sites is 1. The molecule has 0 aliphatic carbocycles. The number of rotatable bonds is 5. The number of hydrogen-bond donors (Lipinski definition) is 0. The zero-order valence-electron chi connectivity index (χ0n) is 11.2. The average molecular weight is 313 g/mol. The van der Waals surface area contributed by atoms with Gasteiger partial charge >= 0.3 is 6.36 Å². The number of hydrogen-bond acceptors (Lipinski definition) is 3. The highest BCUT2D eigenvalue weighted by Gasteiger charge is 2.32. The van der Waals surface area contributed by atoms with E-state index in [-0.39, 0.29) is 23.5 Å². The van der Waals surface area contributed by atoms with Gasteiger partial charge in [0.15, 0.2) is 0 Å². The summed E-state index contributed by atoms with van der Waals surface area (Å²) in [6, 6.07) is 11.4. The highest BCUT2D eigenvalue weighted by atomic mass is 19.4. The first-order valence-corrected chi connectivity index (χ1v) is 6.19. The zero-order valence-corrected chi connectivity index (χ0v) is 11.2. The molecule has 3 nitrogen and oxygen atoms in total. The van der Waals surface area contributed by atoms with Gasteiger partial charge in [-0.25, -0.2) is 4.39 Å². The van der Waals surface area contributed by atoms with E-state index in [1.165, 1.54) is 36.4 Å². The summed E-state index contributed by atoms with van der Waals surface area (Å²) in [6.45, 7) is -0.239. The van der Waals surface area contributed by atoms with E-state index in [1.807, 2.05) is 0 Å². The molecule has 22 heavy (non-hydrogen) atoms. The molecule has 7 heteroatoms. The summed E-state index contributed by atoms with van der Waals surface area (Å²) in [5.41, 5.74) is 0.382. The fraction of sp³-hybridized carbons (Fsp3) is 0.133. The lowest BCUT2D eigenvalue weighted by molar-refractivity contribution is -0.275. The smallest absolute Gasteiger partial charge is 0.405 e. The predicted molar refractivity (Wildman–Crippen MR) is 71.9 cm³/mol. The summed E-state index contributed by atoms with van der Waals surface area (Å²) < 4.78 is 53.9. The van der Waals surface area contributed by atoms with E-state index < -0.39 is 12.2 Å². The third-order valence-electron chi connectivity index (χ3n) is 2.59. The van der Waals surface area contributed by atoms with E-state index in [9.17, 15) is 17.6 Å². The van der Waals surface area contributed by atoms with Crippen molar-refractivity contribution < 1.29 is 27.1 Å². The highest BCUT2D eigenvalue weighted by molar-refractivity contribution is 5.79. The first-order chi connectivity index (χ1) is 10.5. The monoisotopic (exact) mass is 313 g/mol. The van der Waals surface area contributed by atoms with E-state index in [1.54, 1.807) is 12.1 Å². The molecule has 0 aliphatic rings. The number of ether oxygens (including phenoxy) is 1. The fourth-order valence-electron chi connectivity index (χ4n) is 1.63. The minimum Gasteiger partial charge on any atom is -0.405 e. The molecule has 116 valence electrons. The van der Waals surface area contributed by atoms with E-state index in [0.29, 0.717) is 0 Å². The second-order valence-corrected chi connectivity index (χ2v) is 4.18. The van der Waals surface area contributed by atoms with Gasteiger partial charge in [0.25, 0.3) is 0 Å². The lowest BCUT2D eigenvalue weighted by Crippen LogP contribution is -2.18. The normalized spacial score (nSPS) is 11.6. The number of halogens is 4. The molecule has 0 atom stereocenters. The molecule has 0 radical (unpaired) electrons. The van der Waals surface area contributed by atoms with Gasteiger partial charge in [-0.15, -0.1) is 13.2 Å². The van der Waals surface area contributed by atoms with E-state index in [0.717, 1.165) is 6.21 Å². The van der Waals surface area contributed by atoms with E-state index in [2.05, 4.69) is 9.89 Å². The molecule has 0 saturated carbocycles. The van der Waals surface area contributed by atoms with Crippen LogP contribution in [0.4, 0.5) is 17.6 Å². The van der Waals surface area contributed by atoms with Crippen LogP contribution in [0.15, 0.2) is 53.7 Å². The molecule has 0 spiro atoms. The standard InChI is InChI=1S/C15H11F4NO2/c16-13-7-3-1-5-11(13)9-20-21-10-12-6-2-4-8-14(12)22-15(17,18)19/h1-9H,10H2. The van der Waals surface area contributed by atoms with Crippen molar-refractivity contribution in [2.75, 3.05) is 0 Å². The highest BCUT2D eigenvalue weighted by Crippen LogP contribution is 2.26. The van der Waals surface area contributed by atoms with Crippen molar-refractivity contribution in [1.29, 1.82) is 0 Å². The van der Waals surface area contributed by atoms with Gasteiger partial charge in [0.1, 0.15) is 18.2 Å². The van der Waals surface area contributed by atoms with Crippen molar-refractivity contribution in [1.82, 2.24) is 0 Å². The molecule has 0 unspecified atom stereocenters. The molecule has 2 rings (SSSR count). The van der Waals surface area contributed by atoms with Crippen LogP contribution in [0, 0.1) is 5.82 Å². The van der Waals surface area contributed by atoms with Crippen LogP contribution in [0.5, 0.6) is 5.75 Å². The van der Waals surface area contributed by atoms with Gasteiger partial charge < -0.3 is 9.57 Å². The molecule has 0 amide bonds. The van der Waals surface area contributed by atoms with Crippen LogP contribution in [0.25, 0.3) is 0 Å². The maximum Gasteiger partial charge on any atom is 0.573 e. The van der Waals surface area contributed by atoms with E-state index in [4.69, 9.17) is 4.84 Å². The van der Waals surface area contributed by atoms with Gasteiger partial charge in [-0.3, -0.25) is 0 Å². The summed E-state index contributed by atoms with van der Waals surface area (Å²) in [7, 11) is 0. The van der Waals surface area contributed by atoms with Crippen molar-refractivity contribution in [3.05, 3.63) is 65.5 Å². The maximum atomic E-state index is 13.3. The van der Waals surface area contributed by atoms with Crippen LogP contribution in [0.1, 0.15) is 11.1 Å². The molecule has 0 aromatic heterocycles. The number of alkyl halides is 3. The van der Waals surface area contributed by atoms with Gasteiger partial charge in [0.2, 0.25) is 0 Å². The SMILES string of the molecule is Fc1ccccc1C=NOCc1ccccc1OC(F)(F)F. The first-order valence-electron chi connectivity index (χ1n) is 6.19. The van der Waals surface area contributed by atoms with Gasteiger partial charge in [0.05, 0.1) is 6.21 Å². The number of oxime groups is 1. The Balaban J connectivity index is 1.99. The molecular weight excluding hydrogens is 302 g/mol. The Bertz CT molecular complexity index is 656. The van der Waals surface area contributed by atoms with Gasteiger partial charge in [-0.2, -0.15) is 0 Å². The molecular formula is C15H11F4NO2. The summed E-state index contributed by atoms with van der Waals surface area (Å²) in [5, 5.41) is 3.53. The summed E-state index contributed by atoms with van der Waals surface area (Å²) in [4.78, 5) is 4.89. The van der Waals surface area contributed by atoms with Crippen molar-refractivity contribution in [2.24, 2.45) is 5.16 Å². The van der Waals surface area contributed by atoms with Crippen LogP contribution in [-0.4, -0.2) is 12.6 Å². The molecule has 0 saturated heterocycles. The van der Waals surface area contributed by atoms with Crippen molar-refractivity contribution in [3.8, 4) is 5.75 Å². The molecule has 0 heterocycles. The Hall–Kier alpha value is -2.57. The van der Waals surface area contributed by atoms with E-state index >= 15 is 0 Å². The molecule has 0 fully saturated rings. The van der Waals surface area contributed by atoms with Crippen LogP contribution >= 0.6 is 0 Å². The Morgan fingerprint density at radius 2 is 1.68 bits per heavy atom. The van der Waals surface area contributed by atoms with Crippen LogP contribution in [0.3, 0.4) is 0 Å². The second-order valence-electron chi connectivity index (χ2n) is 4.18. The van der Waals surface area contributed by atoms with Crippen molar-refractivity contribution in [2.45, 2.75) is 13.0 Å². The summed E-state index contributed by atoms with van der Waals surface area (Å²) >= 11 is 0. The summed E-state index contributed by atoms with van der Waals surface area (Å²) in [5.74, 6) is -0.841. The van der Waals surface area contributed by atoms with Gasteiger partial charge in [-0.1, -0.05) is 41.6 Å². The molecule has 2 aromatic rings. The van der Waals surface area contributed by atoms with Crippen LogP contribution < -0.4 is 4.74 Å². The minimum absolute atomic E-state index is 0.172. The Morgan fingerprint density at radius 3 is 2.41 bits per heavy atom. The minimum atomic E-state index is -4.79.